The normalized spacial score (nSPS) is 11.2. The van der Waals surface area contributed by atoms with Crippen LogP contribution >= 0.6 is 0 Å². The summed E-state index contributed by atoms with van der Waals surface area (Å²) in [6, 6.07) is 7.45. The lowest BCUT2D eigenvalue weighted by atomic mass is 9.91. The summed E-state index contributed by atoms with van der Waals surface area (Å²) in [4.78, 5) is 31.4. The summed E-state index contributed by atoms with van der Waals surface area (Å²) in [6.45, 7) is 8.42. The summed E-state index contributed by atoms with van der Waals surface area (Å²) in [5.74, 6) is -0.324. The Bertz CT molecular complexity index is 1050. The lowest BCUT2D eigenvalue weighted by Gasteiger charge is -2.15. The standard InChI is InChI=1S/C20H21N3O2/c1-10(2)13-8-14(12(4)7-11(13)3)16-9-17(24)18-15(23-16)5-6-22-19(18)20(21)25/h5-10H,1-4H3,(H2,21,25)(H,23,24). The number of rotatable bonds is 3. The molecule has 2 heterocycles. The molecule has 5 heteroatoms. The van der Waals surface area contributed by atoms with Crippen molar-refractivity contribution in [3.63, 3.8) is 0 Å². The smallest absolute Gasteiger partial charge is 0.268 e. The van der Waals surface area contributed by atoms with Gasteiger partial charge >= 0.3 is 0 Å². The van der Waals surface area contributed by atoms with Gasteiger partial charge in [0, 0.05) is 23.5 Å². The van der Waals surface area contributed by atoms with Crippen molar-refractivity contribution in [1.29, 1.82) is 0 Å². The monoisotopic (exact) mass is 335 g/mol. The number of primary amides is 1. The molecule has 3 aromatic rings. The van der Waals surface area contributed by atoms with Gasteiger partial charge in [-0.2, -0.15) is 0 Å². The predicted octanol–water partition coefficient (Wildman–Crippen LogP) is 3.43. The van der Waals surface area contributed by atoms with Crippen LogP contribution in [-0.2, 0) is 0 Å². The Morgan fingerprint density at radius 3 is 2.52 bits per heavy atom. The van der Waals surface area contributed by atoms with Gasteiger partial charge in [-0.05, 0) is 48.6 Å². The number of carbonyl (C=O) groups excluding carboxylic acids is 1. The van der Waals surface area contributed by atoms with Crippen LogP contribution in [0.15, 0.2) is 35.3 Å². The van der Waals surface area contributed by atoms with E-state index in [0.717, 1.165) is 16.8 Å². The number of nitrogens with two attached hydrogens (primary N) is 1. The second-order valence-corrected chi connectivity index (χ2v) is 6.67. The minimum atomic E-state index is -0.711. The maximum absolute atomic E-state index is 12.6. The molecular formula is C20H21N3O2. The summed E-state index contributed by atoms with van der Waals surface area (Å²) in [6.07, 6.45) is 1.48. The van der Waals surface area contributed by atoms with E-state index in [1.807, 2.05) is 6.92 Å². The molecule has 0 aliphatic rings. The van der Waals surface area contributed by atoms with Crippen LogP contribution in [-0.4, -0.2) is 15.9 Å². The lowest BCUT2D eigenvalue weighted by molar-refractivity contribution is 0.0997. The molecule has 0 unspecified atom stereocenters. The fourth-order valence-corrected chi connectivity index (χ4v) is 3.31. The summed E-state index contributed by atoms with van der Waals surface area (Å²) in [7, 11) is 0. The zero-order valence-electron chi connectivity index (χ0n) is 14.8. The van der Waals surface area contributed by atoms with E-state index < -0.39 is 5.91 Å². The van der Waals surface area contributed by atoms with Gasteiger partial charge in [-0.3, -0.25) is 14.6 Å². The number of benzene rings is 1. The quantitative estimate of drug-likeness (QED) is 0.768. The fraction of sp³-hybridized carbons (Fsp3) is 0.250. The molecule has 25 heavy (non-hydrogen) atoms. The fourth-order valence-electron chi connectivity index (χ4n) is 3.31. The first-order valence-electron chi connectivity index (χ1n) is 8.23. The number of fused-ring (bicyclic) bond motifs is 1. The summed E-state index contributed by atoms with van der Waals surface area (Å²) in [5.41, 5.74) is 10.9. The van der Waals surface area contributed by atoms with Crippen molar-refractivity contribution >= 4 is 16.8 Å². The van der Waals surface area contributed by atoms with E-state index >= 15 is 0 Å². The highest BCUT2D eigenvalue weighted by molar-refractivity contribution is 6.03. The van der Waals surface area contributed by atoms with Crippen molar-refractivity contribution < 1.29 is 4.79 Å². The third kappa shape index (κ3) is 2.93. The van der Waals surface area contributed by atoms with Gasteiger partial charge in [-0.15, -0.1) is 0 Å². The summed E-state index contributed by atoms with van der Waals surface area (Å²) < 4.78 is 0. The van der Waals surface area contributed by atoms with Crippen LogP contribution < -0.4 is 11.2 Å². The van der Waals surface area contributed by atoms with Crippen molar-refractivity contribution in [3.8, 4) is 11.3 Å². The largest absolute Gasteiger partial charge is 0.364 e. The van der Waals surface area contributed by atoms with E-state index in [4.69, 9.17) is 5.73 Å². The molecule has 0 radical (unpaired) electrons. The number of nitrogens with one attached hydrogen (secondary N) is 1. The Morgan fingerprint density at radius 2 is 1.88 bits per heavy atom. The average molecular weight is 335 g/mol. The molecular weight excluding hydrogens is 314 g/mol. The Morgan fingerprint density at radius 1 is 1.16 bits per heavy atom. The van der Waals surface area contributed by atoms with Gasteiger partial charge in [0.25, 0.3) is 5.91 Å². The van der Waals surface area contributed by atoms with Gasteiger partial charge in [0.2, 0.25) is 0 Å². The zero-order chi connectivity index (χ0) is 18.3. The van der Waals surface area contributed by atoms with E-state index in [9.17, 15) is 9.59 Å². The van der Waals surface area contributed by atoms with Crippen molar-refractivity contribution in [2.24, 2.45) is 5.73 Å². The van der Waals surface area contributed by atoms with E-state index in [2.05, 4.69) is 42.9 Å². The Hall–Kier alpha value is -2.95. The lowest BCUT2D eigenvalue weighted by Crippen LogP contribution is -2.17. The summed E-state index contributed by atoms with van der Waals surface area (Å²) >= 11 is 0. The van der Waals surface area contributed by atoms with Crippen molar-refractivity contribution in [2.75, 3.05) is 0 Å². The number of amides is 1. The number of aromatic amines is 1. The first-order valence-corrected chi connectivity index (χ1v) is 8.23. The number of hydrogen-bond donors (Lipinski definition) is 2. The average Bonchev–Trinajstić information content (AvgIpc) is 2.53. The minimum absolute atomic E-state index is 0.00574. The molecule has 0 bridgehead atoms. The van der Waals surface area contributed by atoms with E-state index in [0.29, 0.717) is 11.4 Å². The molecule has 2 aromatic heterocycles. The van der Waals surface area contributed by atoms with Crippen molar-refractivity contribution in [2.45, 2.75) is 33.6 Å². The van der Waals surface area contributed by atoms with E-state index in [-0.39, 0.29) is 16.5 Å². The second kappa shape index (κ2) is 6.16. The Kier molecular flexibility index (Phi) is 4.17. The van der Waals surface area contributed by atoms with Crippen LogP contribution in [0.3, 0.4) is 0 Å². The van der Waals surface area contributed by atoms with Crippen LogP contribution in [0.25, 0.3) is 22.2 Å². The number of aromatic nitrogens is 2. The van der Waals surface area contributed by atoms with Gasteiger partial charge in [-0.25, -0.2) is 0 Å². The second-order valence-electron chi connectivity index (χ2n) is 6.67. The van der Waals surface area contributed by atoms with Crippen LogP contribution in [0.2, 0.25) is 0 Å². The predicted molar refractivity (Wildman–Crippen MR) is 99.9 cm³/mol. The van der Waals surface area contributed by atoms with Crippen molar-refractivity contribution in [1.82, 2.24) is 9.97 Å². The first-order chi connectivity index (χ1) is 11.8. The number of aryl methyl sites for hydroxylation is 2. The molecule has 0 saturated heterocycles. The Labute approximate surface area is 145 Å². The highest BCUT2D eigenvalue weighted by Gasteiger charge is 2.15. The topological polar surface area (TPSA) is 88.8 Å². The zero-order valence-corrected chi connectivity index (χ0v) is 14.8. The molecule has 128 valence electrons. The van der Waals surface area contributed by atoms with Gasteiger partial charge in [0.15, 0.2) is 5.43 Å². The number of H-pyrrole nitrogens is 1. The molecule has 1 aromatic carbocycles. The molecule has 3 N–H and O–H groups in total. The van der Waals surface area contributed by atoms with E-state index in [1.54, 1.807) is 6.07 Å². The highest BCUT2D eigenvalue weighted by atomic mass is 16.1. The van der Waals surface area contributed by atoms with Crippen LogP contribution in [0.1, 0.15) is 46.9 Å². The third-order valence-corrected chi connectivity index (χ3v) is 4.50. The number of pyridine rings is 2. The molecule has 0 aliphatic carbocycles. The molecule has 0 spiro atoms. The number of carbonyl (C=O) groups is 1. The highest BCUT2D eigenvalue weighted by Crippen LogP contribution is 2.29. The molecule has 5 nitrogen and oxygen atoms in total. The van der Waals surface area contributed by atoms with Gasteiger partial charge < -0.3 is 10.7 Å². The minimum Gasteiger partial charge on any atom is -0.364 e. The van der Waals surface area contributed by atoms with Crippen molar-refractivity contribution in [3.05, 3.63) is 63.1 Å². The van der Waals surface area contributed by atoms with Crippen LogP contribution in [0.4, 0.5) is 0 Å². The third-order valence-electron chi connectivity index (χ3n) is 4.50. The van der Waals surface area contributed by atoms with Crippen LogP contribution in [0, 0.1) is 13.8 Å². The molecule has 1 amide bonds. The maximum Gasteiger partial charge on any atom is 0.268 e. The Balaban J connectivity index is 2.30. The first kappa shape index (κ1) is 16.9. The summed E-state index contributed by atoms with van der Waals surface area (Å²) in [5, 5.41) is 0.229. The molecule has 0 fully saturated rings. The molecule has 3 rings (SSSR count). The maximum atomic E-state index is 12.6. The SMILES string of the molecule is Cc1cc(C)c(C(C)C)cc1-c1cc(=O)c2c(C(N)=O)nccc2[nH]1. The van der Waals surface area contributed by atoms with Crippen LogP contribution in [0.5, 0.6) is 0 Å². The van der Waals surface area contributed by atoms with Gasteiger partial charge in [-0.1, -0.05) is 19.9 Å². The molecule has 0 atom stereocenters. The number of hydrogen-bond acceptors (Lipinski definition) is 3. The molecule has 0 saturated carbocycles. The number of nitrogens with zero attached hydrogens (tertiary/aromatic N) is 1. The van der Waals surface area contributed by atoms with Gasteiger partial charge in [0.1, 0.15) is 5.69 Å². The molecule has 0 aliphatic heterocycles. The van der Waals surface area contributed by atoms with Gasteiger partial charge in [0.05, 0.1) is 10.9 Å². The van der Waals surface area contributed by atoms with E-state index in [1.165, 1.54) is 23.4 Å².